The number of hydrogen-bond acceptors (Lipinski definition) is 4. The van der Waals surface area contributed by atoms with Crippen molar-refractivity contribution >= 4 is 45.9 Å². The van der Waals surface area contributed by atoms with Gasteiger partial charge in [-0.25, -0.2) is 0 Å². The molecule has 6 rings (SSSR count). The van der Waals surface area contributed by atoms with Crippen LogP contribution in [0.5, 0.6) is 11.5 Å². The molecule has 0 spiro atoms. The zero-order valence-corrected chi connectivity index (χ0v) is 34.2. The van der Waals surface area contributed by atoms with E-state index in [0.29, 0.717) is 23.7 Å². The van der Waals surface area contributed by atoms with Gasteiger partial charge >= 0.3 is 103 Å². The molecule has 0 aliphatic carbocycles. The summed E-state index contributed by atoms with van der Waals surface area (Å²) in [5, 5.41) is 32.5. The molecule has 0 saturated carbocycles. The van der Waals surface area contributed by atoms with Crippen LogP contribution in [0.4, 0.5) is 0 Å². The summed E-state index contributed by atoms with van der Waals surface area (Å²) >= 11 is 0. The van der Waals surface area contributed by atoms with Crippen LogP contribution in [0, 0.1) is 0 Å². The van der Waals surface area contributed by atoms with Crippen LogP contribution in [0.1, 0.15) is 0 Å². The monoisotopic (exact) mass is 688 g/mol. The molecule has 6 aromatic carbocycles. The fourth-order valence-electron chi connectivity index (χ4n) is 5.75. The zero-order valence-electron chi connectivity index (χ0n) is 26.2. The number of rotatable bonds is 9. The third-order valence-electron chi connectivity index (χ3n) is 7.67. The summed E-state index contributed by atoms with van der Waals surface area (Å²) in [5.41, 5.74) is 0. The second kappa shape index (κ2) is 17.9. The van der Waals surface area contributed by atoms with Gasteiger partial charge in [-0.05, 0) is 10.6 Å². The van der Waals surface area contributed by atoms with E-state index in [-0.39, 0.29) is 114 Å². The Kier molecular flexibility index (Phi) is 14.6. The Bertz CT molecular complexity index is 1730. The standard InChI is InChI=1S/C38H34N2O2P2.2K/c41-35-25-13-15-27-37(35)43(31-17-5-1-6-18-31,32-19-7-2-8-20-32)39-29-30-40-44(33-21-9-3-10-22-33,34-23-11-4-12-24-34)38-28-16-14-26-36(38)42;;/h1-28,41-42H,29-30H2;;/q;2*+1/p-2. The van der Waals surface area contributed by atoms with Gasteiger partial charge in [-0.1, -0.05) is 181 Å². The van der Waals surface area contributed by atoms with Gasteiger partial charge in [0, 0.05) is 21.2 Å². The van der Waals surface area contributed by atoms with Crippen molar-refractivity contribution in [2.75, 3.05) is 13.1 Å². The zero-order chi connectivity index (χ0) is 30.2. The summed E-state index contributed by atoms with van der Waals surface area (Å²) in [6.45, 7) is 0.767. The van der Waals surface area contributed by atoms with Crippen LogP contribution in [0.25, 0.3) is 0 Å². The van der Waals surface area contributed by atoms with Gasteiger partial charge in [0.2, 0.25) is 0 Å². The van der Waals surface area contributed by atoms with E-state index in [9.17, 15) is 10.2 Å². The molecule has 0 N–H and O–H groups in total. The summed E-state index contributed by atoms with van der Waals surface area (Å²) in [5.74, 6) is -0.0464. The van der Waals surface area contributed by atoms with Gasteiger partial charge in [-0.15, -0.1) is 0 Å². The molecule has 0 heterocycles. The van der Waals surface area contributed by atoms with E-state index in [1.165, 1.54) is 0 Å². The van der Waals surface area contributed by atoms with E-state index in [4.69, 9.17) is 9.49 Å². The van der Waals surface area contributed by atoms with Crippen LogP contribution in [0.3, 0.4) is 0 Å². The molecule has 0 saturated heterocycles. The fourth-order valence-corrected chi connectivity index (χ4v) is 13.0. The summed E-state index contributed by atoms with van der Waals surface area (Å²) in [7, 11) is -5.39. The van der Waals surface area contributed by atoms with Gasteiger partial charge in [-0.2, -0.15) is 0 Å². The van der Waals surface area contributed by atoms with Crippen molar-refractivity contribution in [2.45, 2.75) is 0 Å². The maximum absolute atomic E-state index is 13.5. The molecule has 0 unspecified atom stereocenters. The average Bonchev–Trinajstić information content (AvgIpc) is 3.09. The van der Waals surface area contributed by atoms with Crippen molar-refractivity contribution in [1.82, 2.24) is 0 Å². The second-order valence-corrected chi connectivity index (χ2v) is 16.4. The predicted molar refractivity (Wildman–Crippen MR) is 184 cm³/mol. The third-order valence-corrected chi connectivity index (χ3v) is 15.2. The molecule has 8 heteroatoms. The molecule has 0 atom stereocenters. The van der Waals surface area contributed by atoms with E-state index in [1.54, 1.807) is 24.3 Å². The quantitative estimate of drug-likeness (QED) is 0.117. The Balaban J connectivity index is 0.00000240. The number of nitrogens with zero attached hydrogens (tertiary/aromatic N) is 2. The van der Waals surface area contributed by atoms with Gasteiger partial charge in [0.1, 0.15) is 0 Å². The molecule has 0 radical (unpaired) electrons. The third kappa shape index (κ3) is 7.76. The Morgan fingerprint density at radius 2 is 0.587 bits per heavy atom. The molecule has 4 nitrogen and oxygen atoms in total. The van der Waals surface area contributed by atoms with Gasteiger partial charge in [0.25, 0.3) is 0 Å². The summed E-state index contributed by atoms with van der Waals surface area (Å²) < 4.78 is 11.0. The van der Waals surface area contributed by atoms with Crippen molar-refractivity contribution in [1.29, 1.82) is 0 Å². The Labute approximate surface area is 357 Å². The largest absolute Gasteiger partial charge is 1.00 e. The van der Waals surface area contributed by atoms with Crippen LogP contribution in [0.2, 0.25) is 0 Å². The molecule has 6 aromatic rings. The summed E-state index contributed by atoms with van der Waals surface area (Å²) in [4.78, 5) is 0. The molecule has 0 aliphatic heterocycles. The number of para-hydroxylation sites is 2. The first kappa shape index (κ1) is 37.5. The molecule has 0 aliphatic rings. The van der Waals surface area contributed by atoms with Crippen LogP contribution < -0.4 is 145 Å². The minimum Gasteiger partial charge on any atom is -0.872 e. The minimum atomic E-state index is -2.70. The van der Waals surface area contributed by atoms with Crippen molar-refractivity contribution in [3.05, 3.63) is 170 Å². The first-order valence-corrected chi connectivity index (χ1v) is 18.1. The van der Waals surface area contributed by atoms with Gasteiger partial charge in [-0.3, -0.25) is 9.49 Å². The smallest absolute Gasteiger partial charge is 0.872 e. The normalized spacial score (nSPS) is 11.0. The first-order chi connectivity index (χ1) is 21.7. The molecule has 0 fully saturated rings. The van der Waals surface area contributed by atoms with E-state index < -0.39 is 14.1 Å². The van der Waals surface area contributed by atoms with E-state index >= 15 is 0 Å². The second-order valence-electron chi connectivity index (χ2n) is 10.3. The Morgan fingerprint density at radius 3 is 0.848 bits per heavy atom. The van der Waals surface area contributed by atoms with Crippen molar-refractivity contribution in [2.24, 2.45) is 9.49 Å². The van der Waals surface area contributed by atoms with E-state index in [1.807, 2.05) is 97.1 Å². The van der Waals surface area contributed by atoms with E-state index in [0.717, 1.165) is 21.2 Å². The minimum absolute atomic E-state index is 0. The van der Waals surface area contributed by atoms with Crippen molar-refractivity contribution < 1.29 is 113 Å². The van der Waals surface area contributed by atoms with Crippen LogP contribution in [-0.2, 0) is 0 Å². The predicted octanol–water partition coefficient (Wildman–Crippen LogP) is -0.503. The van der Waals surface area contributed by atoms with Crippen LogP contribution in [0.15, 0.2) is 179 Å². The number of benzene rings is 6. The molecule has 0 amide bonds. The molecule has 0 aromatic heterocycles. The maximum atomic E-state index is 13.5. The van der Waals surface area contributed by atoms with Crippen LogP contribution >= 0.6 is 14.1 Å². The number of hydrogen-bond donors (Lipinski definition) is 0. The average molecular weight is 689 g/mol. The Hall–Kier alpha value is -1.35. The molecule has 46 heavy (non-hydrogen) atoms. The van der Waals surface area contributed by atoms with Crippen LogP contribution in [-0.4, -0.2) is 13.1 Å². The van der Waals surface area contributed by atoms with E-state index in [2.05, 4.69) is 48.5 Å². The van der Waals surface area contributed by atoms with Gasteiger partial charge in [0.05, 0.1) is 27.2 Å². The van der Waals surface area contributed by atoms with Crippen molar-refractivity contribution in [3.8, 4) is 11.5 Å². The summed E-state index contributed by atoms with van der Waals surface area (Å²) in [6, 6.07) is 55.1. The molecule has 218 valence electrons. The molecular formula is C38H32K2N2O2P2. The topological polar surface area (TPSA) is 70.8 Å². The Morgan fingerprint density at radius 1 is 0.348 bits per heavy atom. The maximum Gasteiger partial charge on any atom is 1.00 e. The fraction of sp³-hybridized carbons (Fsp3) is 0.0526. The SMILES string of the molecule is [K+].[K+].[O-]c1ccccc1P(=NCCN=P(c1ccccc1)(c1ccccc1)c1ccccc1[O-])(c1ccccc1)c1ccccc1. The van der Waals surface area contributed by atoms with Gasteiger partial charge < -0.3 is 10.2 Å². The molecular weight excluding hydrogens is 657 g/mol. The first-order valence-electron chi connectivity index (χ1n) is 14.6. The van der Waals surface area contributed by atoms with Gasteiger partial charge in [0.15, 0.2) is 0 Å². The van der Waals surface area contributed by atoms with Crippen molar-refractivity contribution in [3.63, 3.8) is 0 Å². The summed E-state index contributed by atoms with van der Waals surface area (Å²) in [6.07, 6.45) is 0. The molecule has 0 bridgehead atoms.